The number of carbonyl (C=O) groups is 2. The van der Waals surface area contributed by atoms with E-state index in [1.807, 2.05) is 31.2 Å². The van der Waals surface area contributed by atoms with Crippen LogP contribution in [-0.4, -0.2) is 30.2 Å². The molecule has 0 unspecified atom stereocenters. The highest BCUT2D eigenvalue weighted by Gasteiger charge is 2.09. The fourth-order valence-electron chi connectivity index (χ4n) is 2.35. The minimum atomic E-state index is -0.408. The second-order valence-electron chi connectivity index (χ2n) is 6.07. The van der Waals surface area contributed by atoms with E-state index in [-0.39, 0.29) is 17.4 Å². The molecule has 0 aromatic heterocycles. The van der Waals surface area contributed by atoms with Crippen molar-refractivity contribution < 1.29 is 19.1 Å². The first kappa shape index (κ1) is 21.4. The molecule has 0 heterocycles. The summed E-state index contributed by atoms with van der Waals surface area (Å²) in [6, 6.07) is 14.5. The molecule has 0 aliphatic rings. The summed E-state index contributed by atoms with van der Waals surface area (Å²) in [6.07, 6.45) is 0.858. The van der Waals surface area contributed by atoms with Gasteiger partial charge in [0.05, 0.1) is 18.8 Å². The molecule has 0 aliphatic heterocycles. The smallest absolute Gasteiger partial charge is 0.338 e. The molecule has 2 aromatic carbocycles. The molecular formula is C21H24N2O4S. The van der Waals surface area contributed by atoms with E-state index in [0.29, 0.717) is 30.9 Å². The van der Waals surface area contributed by atoms with Gasteiger partial charge in [-0.05, 0) is 62.8 Å². The van der Waals surface area contributed by atoms with Gasteiger partial charge in [-0.3, -0.25) is 4.79 Å². The van der Waals surface area contributed by atoms with E-state index in [1.54, 1.807) is 31.2 Å². The SMILES string of the molecule is CCOC(=O)c1cccc(NC(=S)NC(=O)CCCOc2ccc(C)cc2)c1. The molecule has 28 heavy (non-hydrogen) atoms. The number of amides is 1. The third-order valence-electron chi connectivity index (χ3n) is 3.72. The molecule has 0 radical (unpaired) electrons. The molecule has 0 saturated carbocycles. The number of benzene rings is 2. The van der Waals surface area contributed by atoms with Crippen LogP contribution < -0.4 is 15.4 Å². The summed E-state index contributed by atoms with van der Waals surface area (Å²) in [4.78, 5) is 23.8. The number of aryl methyl sites for hydroxylation is 1. The van der Waals surface area contributed by atoms with Crippen LogP contribution in [0.3, 0.4) is 0 Å². The Balaban J connectivity index is 1.72. The fraction of sp³-hybridized carbons (Fsp3) is 0.286. The third kappa shape index (κ3) is 7.36. The van der Waals surface area contributed by atoms with Crippen LogP contribution in [0.1, 0.15) is 35.7 Å². The molecule has 0 spiro atoms. The quantitative estimate of drug-likeness (QED) is 0.398. The summed E-state index contributed by atoms with van der Waals surface area (Å²) in [6.45, 7) is 4.51. The minimum absolute atomic E-state index is 0.172. The molecule has 2 rings (SSSR count). The molecule has 2 aromatic rings. The minimum Gasteiger partial charge on any atom is -0.494 e. The van der Waals surface area contributed by atoms with E-state index in [4.69, 9.17) is 21.7 Å². The van der Waals surface area contributed by atoms with Crippen LogP contribution in [0.4, 0.5) is 5.69 Å². The molecular weight excluding hydrogens is 376 g/mol. The van der Waals surface area contributed by atoms with E-state index < -0.39 is 5.97 Å². The van der Waals surface area contributed by atoms with Crippen LogP contribution >= 0.6 is 12.2 Å². The number of hydrogen-bond donors (Lipinski definition) is 2. The van der Waals surface area contributed by atoms with Gasteiger partial charge in [0.1, 0.15) is 5.75 Å². The lowest BCUT2D eigenvalue weighted by Crippen LogP contribution is -2.34. The maximum atomic E-state index is 12.0. The van der Waals surface area contributed by atoms with Crippen molar-refractivity contribution in [3.63, 3.8) is 0 Å². The summed E-state index contributed by atoms with van der Waals surface area (Å²) in [5.41, 5.74) is 2.17. The summed E-state index contributed by atoms with van der Waals surface area (Å²) < 4.78 is 10.6. The number of nitrogens with one attached hydrogen (secondary N) is 2. The first-order valence-electron chi connectivity index (χ1n) is 9.05. The molecule has 1 amide bonds. The zero-order valence-electron chi connectivity index (χ0n) is 16.0. The Morgan fingerprint density at radius 2 is 1.86 bits per heavy atom. The van der Waals surface area contributed by atoms with Crippen molar-refractivity contribution in [2.45, 2.75) is 26.7 Å². The summed E-state index contributed by atoms with van der Waals surface area (Å²) in [5.74, 6) is 0.172. The Morgan fingerprint density at radius 3 is 2.57 bits per heavy atom. The topological polar surface area (TPSA) is 76.7 Å². The third-order valence-corrected chi connectivity index (χ3v) is 3.93. The Labute approximate surface area is 170 Å². The molecule has 6 nitrogen and oxygen atoms in total. The lowest BCUT2D eigenvalue weighted by atomic mass is 10.2. The monoisotopic (exact) mass is 400 g/mol. The van der Waals surface area contributed by atoms with E-state index >= 15 is 0 Å². The Morgan fingerprint density at radius 1 is 1.11 bits per heavy atom. The van der Waals surface area contributed by atoms with Gasteiger partial charge < -0.3 is 20.1 Å². The van der Waals surface area contributed by atoms with Crippen LogP contribution in [-0.2, 0) is 9.53 Å². The van der Waals surface area contributed by atoms with Crippen LogP contribution in [0.5, 0.6) is 5.75 Å². The number of ether oxygens (including phenoxy) is 2. The predicted molar refractivity (Wildman–Crippen MR) is 113 cm³/mol. The zero-order valence-corrected chi connectivity index (χ0v) is 16.8. The second-order valence-corrected chi connectivity index (χ2v) is 6.48. The maximum Gasteiger partial charge on any atom is 0.338 e. The van der Waals surface area contributed by atoms with Crippen molar-refractivity contribution in [2.75, 3.05) is 18.5 Å². The standard InChI is InChI=1S/C21H24N2O4S/c1-3-26-20(25)16-6-4-7-17(14-16)22-21(28)23-19(24)8-5-13-27-18-11-9-15(2)10-12-18/h4,6-7,9-12,14H,3,5,8,13H2,1-2H3,(H2,22,23,24,28). The summed E-state index contributed by atoms with van der Waals surface area (Å²) >= 11 is 5.15. The lowest BCUT2D eigenvalue weighted by molar-refractivity contribution is -0.119. The predicted octanol–water partition coefficient (Wildman–Crippen LogP) is 3.84. The van der Waals surface area contributed by atoms with Crippen LogP contribution in [0.15, 0.2) is 48.5 Å². The van der Waals surface area contributed by atoms with Gasteiger partial charge in [-0.25, -0.2) is 4.79 Å². The average molecular weight is 401 g/mol. The van der Waals surface area contributed by atoms with E-state index in [0.717, 1.165) is 5.75 Å². The number of thiocarbonyl (C=S) groups is 1. The largest absolute Gasteiger partial charge is 0.494 e. The fourth-order valence-corrected chi connectivity index (χ4v) is 2.58. The van der Waals surface area contributed by atoms with Crippen molar-refractivity contribution in [2.24, 2.45) is 0 Å². The number of esters is 1. The van der Waals surface area contributed by atoms with Crippen LogP contribution in [0.25, 0.3) is 0 Å². The Hall–Kier alpha value is -2.93. The normalized spacial score (nSPS) is 10.1. The van der Waals surface area contributed by atoms with E-state index in [9.17, 15) is 9.59 Å². The second kappa shape index (κ2) is 11.0. The zero-order chi connectivity index (χ0) is 20.4. The van der Waals surface area contributed by atoms with Crippen molar-refractivity contribution in [1.82, 2.24) is 5.32 Å². The Bertz CT molecular complexity index is 821. The Kier molecular flexibility index (Phi) is 8.42. The van der Waals surface area contributed by atoms with Crippen LogP contribution in [0, 0.1) is 6.92 Å². The van der Waals surface area contributed by atoms with Gasteiger partial charge in [-0.15, -0.1) is 0 Å². The number of anilines is 1. The highest BCUT2D eigenvalue weighted by atomic mass is 32.1. The summed E-state index contributed by atoms with van der Waals surface area (Å²) in [7, 11) is 0. The first-order chi connectivity index (χ1) is 13.5. The first-order valence-corrected chi connectivity index (χ1v) is 9.46. The molecule has 0 saturated heterocycles. The van der Waals surface area contributed by atoms with Crippen molar-refractivity contribution in [3.8, 4) is 5.75 Å². The van der Waals surface area contributed by atoms with Crippen molar-refractivity contribution >= 4 is 34.9 Å². The molecule has 0 fully saturated rings. The highest BCUT2D eigenvalue weighted by molar-refractivity contribution is 7.80. The number of hydrogen-bond acceptors (Lipinski definition) is 5. The van der Waals surface area contributed by atoms with E-state index in [2.05, 4.69) is 10.6 Å². The molecule has 2 N–H and O–H groups in total. The van der Waals surface area contributed by atoms with Gasteiger partial charge in [0.2, 0.25) is 5.91 Å². The van der Waals surface area contributed by atoms with Crippen molar-refractivity contribution in [3.05, 3.63) is 59.7 Å². The van der Waals surface area contributed by atoms with Gasteiger partial charge in [-0.2, -0.15) is 0 Å². The van der Waals surface area contributed by atoms with Gasteiger partial charge in [-0.1, -0.05) is 23.8 Å². The van der Waals surface area contributed by atoms with Crippen molar-refractivity contribution in [1.29, 1.82) is 0 Å². The molecule has 148 valence electrons. The number of rotatable bonds is 8. The molecule has 7 heteroatoms. The highest BCUT2D eigenvalue weighted by Crippen LogP contribution is 2.13. The van der Waals surface area contributed by atoms with Crippen LogP contribution in [0.2, 0.25) is 0 Å². The summed E-state index contributed by atoms with van der Waals surface area (Å²) in [5, 5.41) is 5.68. The van der Waals surface area contributed by atoms with Gasteiger partial charge >= 0.3 is 5.97 Å². The maximum absolute atomic E-state index is 12.0. The molecule has 0 aliphatic carbocycles. The lowest BCUT2D eigenvalue weighted by Gasteiger charge is -2.11. The molecule has 0 atom stereocenters. The molecule has 0 bridgehead atoms. The van der Waals surface area contributed by atoms with Gasteiger partial charge in [0.15, 0.2) is 5.11 Å². The number of carbonyl (C=O) groups excluding carboxylic acids is 2. The van der Waals surface area contributed by atoms with E-state index in [1.165, 1.54) is 5.56 Å². The van der Waals surface area contributed by atoms with Gasteiger partial charge in [0, 0.05) is 12.1 Å². The average Bonchev–Trinajstić information content (AvgIpc) is 2.67. The van der Waals surface area contributed by atoms with Gasteiger partial charge in [0.25, 0.3) is 0 Å².